The molecule has 14 heavy (non-hydrogen) atoms. The second-order valence-corrected chi connectivity index (χ2v) is 6.91. The fourth-order valence-corrected chi connectivity index (χ4v) is 1.68. The van der Waals surface area contributed by atoms with E-state index in [9.17, 15) is 0 Å². The zero-order valence-corrected chi connectivity index (χ0v) is 10.9. The largest absolute Gasteiger partial charge is 0.291 e. The molecule has 9 heteroatoms. The molecular formula is C5H3Cl6N3. The molecule has 0 bridgehead atoms. The normalized spacial score (nSPS) is 23.0. The Bertz CT molecular complexity index is 236. The lowest BCUT2D eigenvalue weighted by molar-refractivity contribution is 0.330. The number of hydrogen-bond donors (Lipinski definition) is 0. The van der Waals surface area contributed by atoms with Crippen molar-refractivity contribution in [3.63, 3.8) is 0 Å². The third-order valence-electron chi connectivity index (χ3n) is 1.31. The molecule has 0 spiro atoms. The van der Waals surface area contributed by atoms with Crippen molar-refractivity contribution in [3.05, 3.63) is 0 Å². The highest BCUT2D eigenvalue weighted by atomic mass is 35.6. The first-order chi connectivity index (χ1) is 6.23. The van der Waals surface area contributed by atoms with Crippen molar-refractivity contribution in [1.82, 2.24) is 4.90 Å². The standard InChI is InChI=1S/C5H3Cl6N3/c6-4(7,8)3-13-1-12-2-14(3)5(9,10)11/h1-3H. The fraction of sp³-hybridized carbons (Fsp3) is 0.600. The van der Waals surface area contributed by atoms with Crippen LogP contribution in [0.15, 0.2) is 9.98 Å². The van der Waals surface area contributed by atoms with Gasteiger partial charge < -0.3 is 0 Å². The van der Waals surface area contributed by atoms with E-state index in [0.29, 0.717) is 0 Å². The Kier molecular flexibility index (Phi) is 4.07. The third kappa shape index (κ3) is 3.19. The quantitative estimate of drug-likeness (QED) is 0.497. The molecule has 80 valence electrons. The summed E-state index contributed by atoms with van der Waals surface area (Å²) in [5, 5.41) is 0. The number of rotatable bonds is 0. The van der Waals surface area contributed by atoms with E-state index in [4.69, 9.17) is 69.6 Å². The van der Waals surface area contributed by atoms with Crippen molar-refractivity contribution in [2.75, 3.05) is 0 Å². The molecule has 0 amide bonds. The Balaban J connectivity index is 2.94. The summed E-state index contributed by atoms with van der Waals surface area (Å²) in [5.74, 6) is 0. The number of nitrogens with zero attached hydrogens (tertiary/aromatic N) is 3. The van der Waals surface area contributed by atoms with E-state index < -0.39 is 13.9 Å². The smallest absolute Gasteiger partial charge is 0.270 e. The summed E-state index contributed by atoms with van der Waals surface area (Å²) in [4.78, 5) is 8.59. The van der Waals surface area contributed by atoms with Crippen molar-refractivity contribution in [3.8, 4) is 0 Å². The second-order valence-electron chi connectivity index (χ2n) is 2.32. The first-order valence-corrected chi connectivity index (χ1v) is 5.46. The molecule has 0 N–H and O–H groups in total. The van der Waals surface area contributed by atoms with Gasteiger partial charge >= 0.3 is 0 Å². The molecule has 1 aliphatic heterocycles. The zero-order valence-electron chi connectivity index (χ0n) is 6.34. The first kappa shape index (κ1) is 12.9. The molecule has 1 atom stereocenters. The van der Waals surface area contributed by atoms with Gasteiger partial charge in [-0.2, -0.15) is 0 Å². The Morgan fingerprint density at radius 1 is 1.07 bits per heavy atom. The van der Waals surface area contributed by atoms with Gasteiger partial charge in [0.2, 0.25) is 3.79 Å². The van der Waals surface area contributed by atoms with Gasteiger partial charge in [0.05, 0.1) is 6.34 Å². The molecule has 0 aromatic heterocycles. The van der Waals surface area contributed by atoms with Crippen molar-refractivity contribution in [2.45, 2.75) is 13.9 Å². The molecular weight excluding hydrogens is 315 g/mol. The van der Waals surface area contributed by atoms with E-state index >= 15 is 0 Å². The third-order valence-corrected chi connectivity index (χ3v) is 2.49. The van der Waals surface area contributed by atoms with Gasteiger partial charge in [0.1, 0.15) is 6.34 Å². The predicted molar refractivity (Wildman–Crippen MR) is 63.2 cm³/mol. The van der Waals surface area contributed by atoms with Crippen LogP contribution in [0.2, 0.25) is 0 Å². The van der Waals surface area contributed by atoms with E-state index in [1.165, 1.54) is 12.7 Å². The minimum atomic E-state index is -1.77. The van der Waals surface area contributed by atoms with Crippen LogP contribution in [-0.2, 0) is 0 Å². The first-order valence-electron chi connectivity index (χ1n) is 3.20. The highest BCUT2D eigenvalue weighted by Crippen LogP contribution is 2.41. The lowest BCUT2D eigenvalue weighted by atomic mass is 10.5. The molecule has 1 rings (SSSR count). The van der Waals surface area contributed by atoms with Gasteiger partial charge in [-0.1, -0.05) is 69.6 Å². The van der Waals surface area contributed by atoms with Crippen LogP contribution in [0, 0.1) is 0 Å². The SMILES string of the molecule is ClC(Cl)(Cl)C1N=CN=CN1C(Cl)(Cl)Cl. The summed E-state index contributed by atoms with van der Waals surface area (Å²) in [6, 6.07) is 0. The monoisotopic (exact) mass is 315 g/mol. The number of halogens is 6. The van der Waals surface area contributed by atoms with Gasteiger partial charge in [-0.3, -0.25) is 4.90 Å². The fourth-order valence-electron chi connectivity index (χ4n) is 0.785. The summed E-state index contributed by atoms with van der Waals surface area (Å²) in [7, 11) is 0. The zero-order chi connectivity index (χ0) is 11.0. The average molecular weight is 318 g/mol. The number of hydrogen-bond acceptors (Lipinski definition) is 3. The Hall–Kier alpha value is 0.880. The van der Waals surface area contributed by atoms with Gasteiger partial charge in [0, 0.05) is 0 Å². The molecule has 0 aromatic carbocycles. The lowest BCUT2D eigenvalue weighted by Crippen LogP contribution is -2.49. The van der Waals surface area contributed by atoms with Crippen LogP contribution in [0.3, 0.4) is 0 Å². The molecule has 3 nitrogen and oxygen atoms in total. The van der Waals surface area contributed by atoms with Gasteiger partial charge in [-0.05, 0) is 0 Å². The molecule has 0 saturated carbocycles. The summed E-state index contributed by atoms with van der Waals surface area (Å²) in [5.41, 5.74) is 0. The predicted octanol–water partition coefficient (Wildman–Crippen LogP) is 3.38. The van der Waals surface area contributed by atoms with E-state index in [1.807, 2.05) is 0 Å². The molecule has 0 aromatic rings. The van der Waals surface area contributed by atoms with Crippen LogP contribution in [0.5, 0.6) is 0 Å². The summed E-state index contributed by atoms with van der Waals surface area (Å²) in [6.45, 7) is 0. The summed E-state index contributed by atoms with van der Waals surface area (Å²) >= 11 is 33.8. The van der Waals surface area contributed by atoms with Crippen molar-refractivity contribution < 1.29 is 0 Å². The summed E-state index contributed by atoms with van der Waals surface area (Å²) in [6.07, 6.45) is 1.55. The van der Waals surface area contributed by atoms with E-state index in [-0.39, 0.29) is 0 Å². The maximum absolute atomic E-state index is 5.65. The van der Waals surface area contributed by atoms with Gasteiger partial charge in [0.25, 0.3) is 3.92 Å². The number of alkyl halides is 6. The Morgan fingerprint density at radius 3 is 2.00 bits per heavy atom. The average Bonchev–Trinajstić information content (AvgIpc) is 2.01. The van der Waals surface area contributed by atoms with E-state index in [2.05, 4.69) is 9.98 Å². The Labute approximate surface area is 111 Å². The maximum Gasteiger partial charge on any atom is 0.270 e. The van der Waals surface area contributed by atoms with Crippen molar-refractivity contribution in [1.29, 1.82) is 0 Å². The minimum Gasteiger partial charge on any atom is -0.291 e. The molecule has 1 unspecified atom stereocenters. The van der Waals surface area contributed by atoms with Crippen molar-refractivity contribution >= 4 is 82.3 Å². The molecule has 0 radical (unpaired) electrons. The topological polar surface area (TPSA) is 28.0 Å². The molecule has 0 saturated heterocycles. The minimum absolute atomic E-state index is 0.919. The lowest BCUT2D eigenvalue weighted by Gasteiger charge is -2.36. The van der Waals surface area contributed by atoms with Crippen LogP contribution in [-0.4, -0.2) is 31.5 Å². The molecule has 0 aliphatic carbocycles. The van der Waals surface area contributed by atoms with E-state index in [0.717, 1.165) is 4.90 Å². The van der Waals surface area contributed by atoms with Crippen LogP contribution >= 0.6 is 69.6 Å². The van der Waals surface area contributed by atoms with Crippen molar-refractivity contribution in [2.24, 2.45) is 9.98 Å². The van der Waals surface area contributed by atoms with Crippen LogP contribution in [0.1, 0.15) is 0 Å². The van der Waals surface area contributed by atoms with Crippen LogP contribution in [0.25, 0.3) is 0 Å². The molecule has 1 aliphatic rings. The molecule has 1 heterocycles. The highest BCUT2D eigenvalue weighted by Gasteiger charge is 2.44. The Morgan fingerprint density at radius 2 is 1.64 bits per heavy atom. The highest BCUT2D eigenvalue weighted by molar-refractivity contribution is 6.69. The summed E-state index contributed by atoms with van der Waals surface area (Å²) < 4.78 is -3.47. The van der Waals surface area contributed by atoms with Gasteiger partial charge in [-0.15, -0.1) is 0 Å². The van der Waals surface area contributed by atoms with E-state index in [1.54, 1.807) is 0 Å². The van der Waals surface area contributed by atoms with Gasteiger partial charge in [0.15, 0.2) is 6.17 Å². The molecule has 0 fully saturated rings. The van der Waals surface area contributed by atoms with Gasteiger partial charge in [-0.25, -0.2) is 9.98 Å². The number of aliphatic imine (C=N–C) groups is 2. The second kappa shape index (κ2) is 4.40. The maximum atomic E-state index is 5.65. The van der Waals surface area contributed by atoms with Crippen LogP contribution < -0.4 is 0 Å². The van der Waals surface area contributed by atoms with Crippen LogP contribution in [0.4, 0.5) is 0 Å².